The first kappa shape index (κ1) is 14.2. The van der Waals surface area contributed by atoms with Gasteiger partial charge in [-0.1, -0.05) is 19.1 Å². The van der Waals surface area contributed by atoms with Crippen LogP contribution in [0.1, 0.15) is 24.5 Å². The molecule has 0 saturated heterocycles. The lowest BCUT2D eigenvalue weighted by Crippen LogP contribution is -2.29. The molecule has 0 unspecified atom stereocenters. The van der Waals surface area contributed by atoms with Crippen molar-refractivity contribution in [3.05, 3.63) is 35.4 Å². The molecule has 0 radical (unpaired) electrons. The van der Waals surface area contributed by atoms with Gasteiger partial charge in [-0.3, -0.25) is 4.79 Å². The summed E-state index contributed by atoms with van der Waals surface area (Å²) in [5.41, 5.74) is 1.67. The Morgan fingerprint density at radius 3 is 2.61 bits per heavy atom. The van der Waals surface area contributed by atoms with Crippen molar-refractivity contribution >= 4 is 5.91 Å². The van der Waals surface area contributed by atoms with E-state index >= 15 is 0 Å². The van der Waals surface area contributed by atoms with E-state index in [0.29, 0.717) is 25.1 Å². The summed E-state index contributed by atoms with van der Waals surface area (Å²) in [6.45, 7) is 4.20. The van der Waals surface area contributed by atoms with Gasteiger partial charge in [-0.15, -0.1) is 0 Å². The average molecular weight is 245 g/mol. The van der Waals surface area contributed by atoms with Crippen molar-refractivity contribution in [1.29, 1.82) is 5.26 Å². The third kappa shape index (κ3) is 4.56. The van der Waals surface area contributed by atoms with E-state index in [4.69, 9.17) is 5.26 Å². The van der Waals surface area contributed by atoms with Gasteiger partial charge in [-0.25, -0.2) is 0 Å². The molecule has 0 saturated carbocycles. The van der Waals surface area contributed by atoms with E-state index in [9.17, 15) is 4.79 Å². The number of nitrogens with one attached hydrogen (secondary N) is 1. The quantitative estimate of drug-likeness (QED) is 0.773. The number of rotatable bonds is 6. The van der Waals surface area contributed by atoms with Crippen molar-refractivity contribution in [1.82, 2.24) is 10.2 Å². The Kier molecular flexibility index (Phi) is 5.89. The molecular weight excluding hydrogens is 226 g/mol. The van der Waals surface area contributed by atoms with E-state index in [0.717, 1.165) is 12.1 Å². The van der Waals surface area contributed by atoms with Gasteiger partial charge in [0.05, 0.1) is 11.6 Å². The number of hydrogen-bond donors (Lipinski definition) is 1. The average Bonchev–Trinajstić information content (AvgIpc) is 2.39. The van der Waals surface area contributed by atoms with E-state index < -0.39 is 0 Å². The highest BCUT2D eigenvalue weighted by Gasteiger charge is 2.08. The highest BCUT2D eigenvalue weighted by atomic mass is 16.2. The highest BCUT2D eigenvalue weighted by molar-refractivity contribution is 5.76. The SMILES string of the molecule is CCNCCC(=O)N(C)Cc1ccc(C#N)cc1. The number of amides is 1. The molecule has 0 heterocycles. The Balaban J connectivity index is 2.45. The smallest absolute Gasteiger partial charge is 0.223 e. The Morgan fingerprint density at radius 1 is 1.39 bits per heavy atom. The van der Waals surface area contributed by atoms with E-state index in [1.165, 1.54) is 0 Å². The van der Waals surface area contributed by atoms with E-state index in [2.05, 4.69) is 11.4 Å². The zero-order valence-electron chi connectivity index (χ0n) is 10.9. The second-order valence-electron chi connectivity index (χ2n) is 4.16. The standard InChI is InChI=1S/C14H19N3O/c1-3-16-9-8-14(18)17(2)11-13-6-4-12(10-15)5-7-13/h4-7,16H,3,8-9,11H2,1-2H3. The molecule has 96 valence electrons. The van der Waals surface area contributed by atoms with Gasteiger partial charge in [0, 0.05) is 26.6 Å². The minimum absolute atomic E-state index is 0.125. The van der Waals surface area contributed by atoms with Crippen molar-refractivity contribution in [2.24, 2.45) is 0 Å². The molecule has 0 aliphatic carbocycles. The predicted molar refractivity (Wildman–Crippen MR) is 70.8 cm³/mol. The lowest BCUT2D eigenvalue weighted by Gasteiger charge is -2.17. The van der Waals surface area contributed by atoms with Crippen LogP contribution in [0.2, 0.25) is 0 Å². The van der Waals surface area contributed by atoms with Crippen LogP contribution < -0.4 is 5.32 Å². The monoisotopic (exact) mass is 245 g/mol. The first-order chi connectivity index (χ1) is 8.67. The third-order valence-electron chi connectivity index (χ3n) is 2.69. The van der Waals surface area contributed by atoms with Crippen molar-refractivity contribution in [2.45, 2.75) is 19.9 Å². The first-order valence-corrected chi connectivity index (χ1v) is 6.11. The number of nitriles is 1. The van der Waals surface area contributed by atoms with Gasteiger partial charge in [-0.2, -0.15) is 5.26 Å². The van der Waals surface area contributed by atoms with Crippen LogP contribution in [-0.2, 0) is 11.3 Å². The molecule has 1 N–H and O–H groups in total. The first-order valence-electron chi connectivity index (χ1n) is 6.11. The topological polar surface area (TPSA) is 56.1 Å². The number of carbonyl (C=O) groups is 1. The van der Waals surface area contributed by atoms with Gasteiger partial charge < -0.3 is 10.2 Å². The van der Waals surface area contributed by atoms with Crippen LogP contribution in [0.4, 0.5) is 0 Å². The number of benzene rings is 1. The highest BCUT2D eigenvalue weighted by Crippen LogP contribution is 2.06. The molecule has 1 rings (SSSR count). The van der Waals surface area contributed by atoms with Gasteiger partial charge in [0.15, 0.2) is 0 Å². The molecule has 0 aliphatic rings. The van der Waals surface area contributed by atoms with Gasteiger partial charge in [0.2, 0.25) is 5.91 Å². The lowest BCUT2D eigenvalue weighted by atomic mass is 10.1. The number of carbonyl (C=O) groups excluding carboxylic acids is 1. The summed E-state index contributed by atoms with van der Waals surface area (Å²) in [5, 5.41) is 11.8. The molecule has 1 aromatic rings. The van der Waals surface area contributed by atoms with Gasteiger partial charge in [-0.05, 0) is 24.2 Å². The zero-order chi connectivity index (χ0) is 13.4. The Bertz CT molecular complexity index is 420. The van der Waals surface area contributed by atoms with Gasteiger partial charge in [0.25, 0.3) is 0 Å². The van der Waals surface area contributed by atoms with E-state index in [-0.39, 0.29) is 5.91 Å². The van der Waals surface area contributed by atoms with Crippen LogP contribution in [-0.4, -0.2) is 30.9 Å². The minimum atomic E-state index is 0.125. The molecule has 1 aromatic carbocycles. The fraction of sp³-hybridized carbons (Fsp3) is 0.429. The molecular formula is C14H19N3O. The molecule has 0 spiro atoms. The second kappa shape index (κ2) is 7.46. The zero-order valence-corrected chi connectivity index (χ0v) is 10.9. The maximum Gasteiger partial charge on any atom is 0.223 e. The van der Waals surface area contributed by atoms with Crippen molar-refractivity contribution in [3.8, 4) is 6.07 Å². The molecule has 0 fully saturated rings. The Morgan fingerprint density at radius 2 is 2.06 bits per heavy atom. The third-order valence-corrected chi connectivity index (χ3v) is 2.69. The van der Waals surface area contributed by atoms with Crippen LogP contribution in [0.3, 0.4) is 0 Å². The minimum Gasteiger partial charge on any atom is -0.341 e. The summed E-state index contributed by atoms with van der Waals surface area (Å²) >= 11 is 0. The van der Waals surface area contributed by atoms with Crippen LogP contribution in [0.15, 0.2) is 24.3 Å². The number of hydrogen-bond acceptors (Lipinski definition) is 3. The second-order valence-corrected chi connectivity index (χ2v) is 4.16. The van der Waals surface area contributed by atoms with E-state index in [1.807, 2.05) is 19.1 Å². The molecule has 0 aliphatic heterocycles. The summed E-state index contributed by atoms with van der Waals surface area (Å²) in [5.74, 6) is 0.125. The molecule has 4 nitrogen and oxygen atoms in total. The van der Waals surface area contributed by atoms with Gasteiger partial charge >= 0.3 is 0 Å². The maximum atomic E-state index is 11.8. The Hall–Kier alpha value is -1.86. The van der Waals surface area contributed by atoms with Crippen molar-refractivity contribution in [3.63, 3.8) is 0 Å². The normalized spacial score (nSPS) is 9.83. The molecule has 4 heteroatoms. The summed E-state index contributed by atoms with van der Waals surface area (Å²) in [4.78, 5) is 13.5. The summed E-state index contributed by atoms with van der Waals surface area (Å²) in [6.07, 6.45) is 0.515. The molecule has 0 aromatic heterocycles. The summed E-state index contributed by atoms with van der Waals surface area (Å²) < 4.78 is 0. The fourth-order valence-electron chi connectivity index (χ4n) is 1.61. The van der Waals surface area contributed by atoms with Crippen molar-refractivity contribution in [2.75, 3.05) is 20.1 Å². The van der Waals surface area contributed by atoms with Crippen LogP contribution in [0.25, 0.3) is 0 Å². The summed E-state index contributed by atoms with van der Waals surface area (Å²) in [7, 11) is 1.80. The molecule has 1 amide bonds. The van der Waals surface area contributed by atoms with Crippen LogP contribution in [0.5, 0.6) is 0 Å². The maximum absolute atomic E-state index is 11.8. The predicted octanol–water partition coefficient (Wildman–Crippen LogP) is 1.52. The van der Waals surface area contributed by atoms with E-state index in [1.54, 1.807) is 24.1 Å². The molecule has 0 bridgehead atoms. The largest absolute Gasteiger partial charge is 0.341 e. The summed E-state index contributed by atoms with van der Waals surface area (Å²) in [6, 6.07) is 9.38. The fourth-order valence-corrected chi connectivity index (χ4v) is 1.61. The van der Waals surface area contributed by atoms with Crippen LogP contribution in [0, 0.1) is 11.3 Å². The van der Waals surface area contributed by atoms with Crippen molar-refractivity contribution < 1.29 is 4.79 Å². The van der Waals surface area contributed by atoms with Gasteiger partial charge in [0.1, 0.15) is 0 Å². The van der Waals surface area contributed by atoms with Crippen LogP contribution >= 0.6 is 0 Å². The Labute approximate surface area is 108 Å². The lowest BCUT2D eigenvalue weighted by molar-refractivity contribution is -0.130. The molecule has 0 atom stereocenters. The number of nitrogens with zero attached hydrogens (tertiary/aromatic N) is 2. The molecule has 18 heavy (non-hydrogen) atoms.